The van der Waals surface area contributed by atoms with Crippen LogP contribution in [0, 0.1) is 6.92 Å². The average Bonchev–Trinajstić information content (AvgIpc) is 2.87. The lowest BCUT2D eigenvalue weighted by atomic mass is 10.0. The third kappa shape index (κ3) is 2.38. The Kier molecular flexibility index (Phi) is 3.90. The quantitative estimate of drug-likeness (QED) is 0.643. The van der Waals surface area contributed by atoms with Crippen LogP contribution in [-0.2, 0) is 6.54 Å². The van der Waals surface area contributed by atoms with E-state index < -0.39 is 0 Å². The number of aromatic nitrogens is 2. The van der Waals surface area contributed by atoms with Crippen molar-refractivity contribution in [1.29, 1.82) is 0 Å². The van der Waals surface area contributed by atoms with E-state index in [1.807, 2.05) is 47.2 Å². The number of para-hydroxylation sites is 1. The fraction of sp³-hybridized carbons (Fsp3) is 0.167. The number of rotatable bonds is 4. The van der Waals surface area contributed by atoms with Crippen molar-refractivity contribution in [2.75, 3.05) is 7.11 Å². The molecule has 0 unspecified atom stereocenters. The van der Waals surface area contributed by atoms with E-state index in [1.165, 1.54) is 0 Å². The van der Waals surface area contributed by atoms with Crippen LogP contribution >= 0.6 is 11.6 Å². The van der Waals surface area contributed by atoms with Crippen LogP contribution in [0.15, 0.2) is 49.1 Å². The van der Waals surface area contributed by atoms with E-state index in [9.17, 15) is 0 Å². The second-order valence-electron chi connectivity index (χ2n) is 5.14. The highest BCUT2D eigenvalue weighted by Gasteiger charge is 2.15. The molecule has 0 atom stereocenters. The molecule has 0 radical (unpaired) electrons. The molecule has 3 aromatic rings. The number of benzene rings is 2. The Hall–Kier alpha value is -2.26. The molecule has 2 aromatic carbocycles. The Balaban J connectivity index is 2.27. The number of hydrogen-bond donors (Lipinski definition) is 0. The third-order valence-corrected chi connectivity index (χ3v) is 4.02. The molecule has 3 nitrogen and oxygen atoms in total. The summed E-state index contributed by atoms with van der Waals surface area (Å²) in [6.07, 6.45) is 1.82. The van der Waals surface area contributed by atoms with Gasteiger partial charge in [0.05, 0.1) is 24.2 Å². The number of aryl methyl sites for hydroxylation is 1. The van der Waals surface area contributed by atoms with Crippen LogP contribution in [-0.4, -0.2) is 16.9 Å². The first-order valence-electron chi connectivity index (χ1n) is 7.06. The van der Waals surface area contributed by atoms with Gasteiger partial charge in [-0.1, -0.05) is 29.8 Å². The summed E-state index contributed by atoms with van der Waals surface area (Å²) in [5.41, 5.74) is 4.06. The molecule has 1 heterocycles. The molecular formula is C18H17ClN2O. The van der Waals surface area contributed by atoms with Gasteiger partial charge in [0, 0.05) is 10.9 Å². The van der Waals surface area contributed by atoms with Gasteiger partial charge < -0.3 is 4.74 Å². The fourth-order valence-corrected chi connectivity index (χ4v) is 2.95. The molecule has 0 aliphatic rings. The van der Waals surface area contributed by atoms with Crippen LogP contribution in [0.2, 0.25) is 5.02 Å². The van der Waals surface area contributed by atoms with Gasteiger partial charge in [-0.2, -0.15) is 5.10 Å². The van der Waals surface area contributed by atoms with Gasteiger partial charge >= 0.3 is 0 Å². The minimum absolute atomic E-state index is 0.620. The standard InChI is InChI=1S/C18H17ClN2O/c1-4-10-21-18-15(6-5-7-16(18)19)17(20-21)14-9-8-13(22-3)11-12(14)2/h4-9,11H,1,10H2,2-3H3. The highest BCUT2D eigenvalue weighted by molar-refractivity contribution is 6.35. The number of methoxy groups -OCH3 is 1. The first kappa shape index (κ1) is 14.7. The number of ether oxygens (including phenoxy) is 1. The number of allylic oxidation sites excluding steroid dienone is 1. The normalized spacial score (nSPS) is 10.9. The summed E-state index contributed by atoms with van der Waals surface area (Å²) in [5.74, 6) is 0.842. The average molecular weight is 313 g/mol. The first-order valence-corrected chi connectivity index (χ1v) is 7.44. The van der Waals surface area contributed by atoms with Crippen LogP contribution in [0.4, 0.5) is 0 Å². The van der Waals surface area contributed by atoms with Crippen molar-refractivity contribution in [1.82, 2.24) is 9.78 Å². The molecule has 0 spiro atoms. The Labute approximate surface area is 134 Å². The lowest BCUT2D eigenvalue weighted by Gasteiger charge is -2.06. The summed E-state index contributed by atoms with van der Waals surface area (Å²) in [7, 11) is 1.67. The Bertz CT molecular complexity index is 852. The maximum Gasteiger partial charge on any atom is 0.119 e. The number of fused-ring (bicyclic) bond motifs is 1. The van der Waals surface area contributed by atoms with Crippen LogP contribution < -0.4 is 4.74 Å². The topological polar surface area (TPSA) is 27.1 Å². The molecule has 0 N–H and O–H groups in total. The lowest BCUT2D eigenvalue weighted by molar-refractivity contribution is 0.414. The third-order valence-electron chi connectivity index (χ3n) is 3.71. The summed E-state index contributed by atoms with van der Waals surface area (Å²) in [4.78, 5) is 0. The molecule has 3 rings (SSSR count). The molecule has 0 aliphatic carbocycles. The molecular weight excluding hydrogens is 296 g/mol. The van der Waals surface area contributed by atoms with Crippen molar-refractivity contribution in [2.24, 2.45) is 0 Å². The molecule has 0 bridgehead atoms. The monoisotopic (exact) mass is 312 g/mol. The van der Waals surface area contributed by atoms with Gasteiger partial charge in [-0.05, 0) is 36.8 Å². The van der Waals surface area contributed by atoms with Crippen LogP contribution in [0.5, 0.6) is 5.75 Å². The number of hydrogen-bond acceptors (Lipinski definition) is 2. The first-order chi connectivity index (χ1) is 10.7. The molecule has 0 saturated heterocycles. The smallest absolute Gasteiger partial charge is 0.119 e. The second kappa shape index (κ2) is 5.85. The Morgan fingerprint density at radius 2 is 2.14 bits per heavy atom. The Morgan fingerprint density at radius 1 is 1.32 bits per heavy atom. The maximum absolute atomic E-state index is 6.37. The minimum atomic E-state index is 0.620. The predicted octanol–water partition coefficient (Wildman–Crippen LogP) is 4.86. The summed E-state index contributed by atoms with van der Waals surface area (Å²) >= 11 is 6.37. The highest BCUT2D eigenvalue weighted by Crippen LogP contribution is 2.34. The van der Waals surface area contributed by atoms with Gasteiger partial charge in [0.2, 0.25) is 0 Å². The maximum atomic E-state index is 6.37. The molecule has 112 valence electrons. The van der Waals surface area contributed by atoms with E-state index in [0.717, 1.165) is 33.5 Å². The number of halogens is 1. The zero-order valence-corrected chi connectivity index (χ0v) is 13.4. The van der Waals surface area contributed by atoms with Crippen molar-refractivity contribution in [3.05, 3.63) is 59.6 Å². The SMILES string of the molecule is C=CCn1nc(-c2ccc(OC)cc2C)c2cccc(Cl)c21. The molecule has 1 aromatic heterocycles. The Morgan fingerprint density at radius 3 is 2.82 bits per heavy atom. The van der Waals surface area contributed by atoms with Gasteiger partial charge in [-0.25, -0.2) is 0 Å². The van der Waals surface area contributed by atoms with Crippen molar-refractivity contribution in [3.8, 4) is 17.0 Å². The van der Waals surface area contributed by atoms with E-state index in [1.54, 1.807) is 7.11 Å². The van der Waals surface area contributed by atoms with Crippen molar-refractivity contribution < 1.29 is 4.74 Å². The summed E-state index contributed by atoms with van der Waals surface area (Å²) in [5, 5.41) is 6.49. The van der Waals surface area contributed by atoms with Crippen molar-refractivity contribution in [3.63, 3.8) is 0 Å². The predicted molar refractivity (Wildman–Crippen MR) is 91.7 cm³/mol. The molecule has 0 saturated carbocycles. The van der Waals surface area contributed by atoms with Gasteiger partial charge in [0.25, 0.3) is 0 Å². The molecule has 4 heteroatoms. The summed E-state index contributed by atoms with van der Waals surface area (Å²) < 4.78 is 7.17. The van der Waals surface area contributed by atoms with E-state index >= 15 is 0 Å². The zero-order chi connectivity index (χ0) is 15.7. The van der Waals surface area contributed by atoms with Crippen LogP contribution in [0.3, 0.4) is 0 Å². The lowest BCUT2D eigenvalue weighted by Crippen LogP contribution is -1.97. The van der Waals surface area contributed by atoms with Gasteiger partial charge in [-0.15, -0.1) is 6.58 Å². The van der Waals surface area contributed by atoms with E-state index in [-0.39, 0.29) is 0 Å². The number of nitrogens with zero attached hydrogens (tertiary/aromatic N) is 2. The zero-order valence-electron chi connectivity index (χ0n) is 12.6. The highest BCUT2D eigenvalue weighted by atomic mass is 35.5. The molecule has 0 fully saturated rings. The van der Waals surface area contributed by atoms with E-state index in [0.29, 0.717) is 11.6 Å². The van der Waals surface area contributed by atoms with E-state index in [4.69, 9.17) is 21.4 Å². The van der Waals surface area contributed by atoms with E-state index in [2.05, 4.69) is 13.5 Å². The largest absolute Gasteiger partial charge is 0.497 e. The van der Waals surface area contributed by atoms with Crippen LogP contribution in [0.1, 0.15) is 5.56 Å². The minimum Gasteiger partial charge on any atom is -0.497 e. The molecule has 0 amide bonds. The fourth-order valence-electron chi connectivity index (χ4n) is 2.68. The van der Waals surface area contributed by atoms with Gasteiger partial charge in [0.15, 0.2) is 0 Å². The summed E-state index contributed by atoms with van der Waals surface area (Å²) in [6, 6.07) is 11.9. The van der Waals surface area contributed by atoms with Crippen molar-refractivity contribution in [2.45, 2.75) is 13.5 Å². The van der Waals surface area contributed by atoms with Crippen molar-refractivity contribution >= 4 is 22.5 Å². The second-order valence-corrected chi connectivity index (χ2v) is 5.54. The van der Waals surface area contributed by atoms with Gasteiger partial charge in [0.1, 0.15) is 11.4 Å². The van der Waals surface area contributed by atoms with Crippen LogP contribution in [0.25, 0.3) is 22.2 Å². The molecule has 0 aliphatic heterocycles. The van der Waals surface area contributed by atoms with Gasteiger partial charge in [-0.3, -0.25) is 4.68 Å². The molecule has 22 heavy (non-hydrogen) atoms. The summed E-state index contributed by atoms with van der Waals surface area (Å²) in [6.45, 7) is 6.47.